The molecule has 116 valence electrons. The van der Waals surface area contributed by atoms with Crippen molar-refractivity contribution in [3.8, 4) is 17.2 Å². The SMILES string of the molecule is O=C(NCc1noc(-c2ccccc2)n1)c1cc(Br)ccc1O. The van der Waals surface area contributed by atoms with Crippen LogP contribution in [0.4, 0.5) is 0 Å². The van der Waals surface area contributed by atoms with Crippen LogP contribution in [0.25, 0.3) is 11.5 Å². The molecule has 0 aliphatic rings. The van der Waals surface area contributed by atoms with Crippen molar-refractivity contribution in [2.45, 2.75) is 6.54 Å². The summed E-state index contributed by atoms with van der Waals surface area (Å²) in [6.07, 6.45) is 0. The lowest BCUT2D eigenvalue weighted by atomic mass is 10.2. The smallest absolute Gasteiger partial charge is 0.257 e. The van der Waals surface area contributed by atoms with Crippen molar-refractivity contribution in [2.24, 2.45) is 0 Å². The summed E-state index contributed by atoms with van der Waals surface area (Å²) in [5.74, 6) is 0.227. The molecule has 0 radical (unpaired) electrons. The molecule has 0 aliphatic heterocycles. The number of hydrogen-bond acceptors (Lipinski definition) is 5. The van der Waals surface area contributed by atoms with Gasteiger partial charge in [0, 0.05) is 10.0 Å². The number of halogens is 1. The molecule has 0 saturated carbocycles. The van der Waals surface area contributed by atoms with Gasteiger partial charge in [-0.25, -0.2) is 0 Å². The number of carbonyl (C=O) groups is 1. The van der Waals surface area contributed by atoms with Gasteiger partial charge in [0.1, 0.15) is 5.75 Å². The zero-order valence-corrected chi connectivity index (χ0v) is 13.4. The summed E-state index contributed by atoms with van der Waals surface area (Å²) in [6.45, 7) is 0.0983. The van der Waals surface area contributed by atoms with Crippen LogP contribution in [-0.4, -0.2) is 21.2 Å². The molecule has 0 saturated heterocycles. The minimum atomic E-state index is -0.421. The van der Waals surface area contributed by atoms with Crippen molar-refractivity contribution >= 4 is 21.8 Å². The van der Waals surface area contributed by atoms with E-state index < -0.39 is 5.91 Å². The number of rotatable bonds is 4. The number of carbonyl (C=O) groups excluding carboxylic acids is 1. The van der Waals surface area contributed by atoms with E-state index in [0.29, 0.717) is 16.2 Å². The van der Waals surface area contributed by atoms with Crippen LogP contribution in [0, 0.1) is 0 Å². The Kier molecular flexibility index (Phi) is 4.38. The molecule has 0 spiro atoms. The predicted octanol–water partition coefficient (Wildman–Crippen LogP) is 3.13. The highest BCUT2D eigenvalue weighted by molar-refractivity contribution is 9.10. The van der Waals surface area contributed by atoms with Gasteiger partial charge in [-0.2, -0.15) is 4.98 Å². The topological polar surface area (TPSA) is 88.3 Å². The van der Waals surface area contributed by atoms with E-state index in [1.54, 1.807) is 6.07 Å². The monoisotopic (exact) mass is 373 g/mol. The van der Waals surface area contributed by atoms with Crippen LogP contribution in [0.3, 0.4) is 0 Å². The fourth-order valence-corrected chi connectivity index (χ4v) is 2.33. The van der Waals surface area contributed by atoms with Crippen molar-refractivity contribution in [3.05, 3.63) is 64.4 Å². The average Bonchev–Trinajstić information content (AvgIpc) is 3.05. The summed E-state index contributed by atoms with van der Waals surface area (Å²) in [6, 6.07) is 14.0. The Balaban J connectivity index is 1.68. The van der Waals surface area contributed by atoms with Crippen LogP contribution in [0.2, 0.25) is 0 Å². The normalized spacial score (nSPS) is 10.5. The molecule has 1 amide bonds. The Morgan fingerprint density at radius 2 is 2.00 bits per heavy atom. The molecule has 2 aromatic carbocycles. The zero-order chi connectivity index (χ0) is 16.2. The Morgan fingerprint density at radius 3 is 2.78 bits per heavy atom. The van der Waals surface area contributed by atoms with E-state index in [2.05, 4.69) is 31.4 Å². The Morgan fingerprint density at radius 1 is 1.22 bits per heavy atom. The first kappa shape index (κ1) is 15.2. The summed E-state index contributed by atoms with van der Waals surface area (Å²) >= 11 is 3.26. The van der Waals surface area contributed by atoms with E-state index in [-0.39, 0.29) is 17.9 Å². The van der Waals surface area contributed by atoms with Gasteiger partial charge in [0.2, 0.25) is 0 Å². The fourth-order valence-electron chi connectivity index (χ4n) is 1.97. The van der Waals surface area contributed by atoms with Crippen molar-refractivity contribution in [1.82, 2.24) is 15.5 Å². The Hall–Kier alpha value is -2.67. The van der Waals surface area contributed by atoms with Gasteiger partial charge in [-0.1, -0.05) is 39.3 Å². The number of nitrogens with one attached hydrogen (secondary N) is 1. The van der Waals surface area contributed by atoms with Gasteiger partial charge < -0.3 is 14.9 Å². The zero-order valence-electron chi connectivity index (χ0n) is 11.9. The third kappa shape index (κ3) is 3.57. The molecule has 3 aromatic rings. The van der Waals surface area contributed by atoms with Gasteiger partial charge >= 0.3 is 0 Å². The largest absolute Gasteiger partial charge is 0.507 e. The van der Waals surface area contributed by atoms with Crippen molar-refractivity contribution in [3.63, 3.8) is 0 Å². The summed E-state index contributed by atoms with van der Waals surface area (Å²) in [7, 11) is 0. The third-order valence-electron chi connectivity index (χ3n) is 3.10. The molecular weight excluding hydrogens is 362 g/mol. The minimum absolute atomic E-state index is 0.0937. The molecule has 0 bridgehead atoms. The maximum atomic E-state index is 12.1. The Labute approximate surface area is 140 Å². The van der Waals surface area contributed by atoms with Gasteiger partial charge in [-0.15, -0.1) is 0 Å². The van der Waals surface area contributed by atoms with E-state index in [1.165, 1.54) is 12.1 Å². The number of phenols is 1. The lowest BCUT2D eigenvalue weighted by Gasteiger charge is -2.05. The van der Waals surface area contributed by atoms with Gasteiger partial charge in [-0.3, -0.25) is 4.79 Å². The van der Waals surface area contributed by atoms with Gasteiger partial charge in [0.25, 0.3) is 11.8 Å². The molecule has 6 nitrogen and oxygen atoms in total. The van der Waals surface area contributed by atoms with Crippen LogP contribution >= 0.6 is 15.9 Å². The molecule has 1 aromatic heterocycles. The number of phenolic OH excluding ortho intramolecular Hbond substituents is 1. The van der Waals surface area contributed by atoms with Crippen LogP contribution in [0.5, 0.6) is 5.75 Å². The second-order valence-electron chi connectivity index (χ2n) is 4.73. The molecule has 7 heteroatoms. The number of aromatic nitrogens is 2. The second kappa shape index (κ2) is 6.62. The molecule has 2 N–H and O–H groups in total. The maximum absolute atomic E-state index is 12.1. The first-order chi connectivity index (χ1) is 11.1. The van der Waals surface area contributed by atoms with E-state index in [0.717, 1.165) is 5.56 Å². The third-order valence-corrected chi connectivity index (χ3v) is 3.59. The molecule has 3 rings (SSSR count). The van der Waals surface area contributed by atoms with Gasteiger partial charge in [0.05, 0.1) is 12.1 Å². The standard InChI is InChI=1S/C16H12BrN3O3/c17-11-6-7-13(21)12(8-11)15(22)18-9-14-19-16(23-20-14)10-4-2-1-3-5-10/h1-8,21H,9H2,(H,18,22). The van der Waals surface area contributed by atoms with Crippen LogP contribution in [0.1, 0.15) is 16.2 Å². The summed E-state index contributed by atoms with van der Waals surface area (Å²) in [5.41, 5.74) is 0.980. The molecule has 0 atom stereocenters. The summed E-state index contributed by atoms with van der Waals surface area (Å²) < 4.78 is 5.86. The van der Waals surface area contributed by atoms with Crippen molar-refractivity contribution in [2.75, 3.05) is 0 Å². The number of amides is 1. The van der Waals surface area contributed by atoms with E-state index in [4.69, 9.17) is 4.52 Å². The summed E-state index contributed by atoms with van der Waals surface area (Å²) in [5, 5.41) is 16.2. The first-order valence-corrected chi connectivity index (χ1v) is 7.57. The molecule has 23 heavy (non-hydrogen) atoms. The average molecular weight is 374 g/mol. The van der Waals surface area contributed by atoms with E-state index >= 15 is 0 Å². The lowest BCUT2D eigenvalue weighted by molar-refractivity contribution is 0.0947. The molecule has 1 heterocycles. The number of benzene rings is 2. The van der Waals surface area contributed by atoms with Crippen LogP contribution < -0.4 is 5.32 Å². The van der Waals surface area contributed by atoms with Crippen LogP contribution in [0.15, 0.2) is 57.5 Å². The summed E-state index contributed by atoms with van der Waals surface area (Å²) in [4.78, 5) is 16.3. The lowest BCUT2D eigenvalue weighted by Crippen LogP contribution is -2.23. The Bertz CT molecular complexity index is 834. The van der Waals surface area contributed by atoms with Gasteiger partial charge in [-0.05, 0) is 30.3 Å². The first-order valence-electron chi connectivity index (χ1n) is 6.78. The molecule has 0 fully saturated rings. The number of hydrogen-bond donors (Lipinski definition) is 2. The fraction of sp³-hybridized carbons (Fsp3) is 0.0625. The molecular formula is C16H12BrN3O3. The highest BCUT2D eigenvalue weighted by Crippen LogP contribution is 2.22. The maximum Gasteiger partial charge on any atom is 0.257 e. The number of aromatic hydroxyl groups is 1. The highest BCUT2D eigenvalue weighted by Gasteiger charge is 2.13. The van der Waals surface area contributed by atoms with E-state index in [9.17, 15) is 9.90 Å². The predicted molar refractivity (Wildman–Crippen MR) is 86.7 cm³/mol. The van der Waals surface area contributed by atoms with Crippen molar-refractivity contribution in [1.29, 1.82) is 0 Å². The minimum Gasteiger partial charge on any atom is -0.507 e. The van der Waals surface area contributed by atoms with Crippen LogP contribution in [-0.2, 0) is 6.54 Å². The highest BCUT2D eigenvalue weighted by atomic mass is 79.9. The quantitative estimate of drug-likeness (QED) is 0.733. The number of nitrogens with zero attached hydrogens (tertiary/aromatic N) is 2. The van der Waals surface area contributed by atoms with E-state index in [1.807, 2.05) is 30.3 Å². The second-order valence-corrected chi connectivity index (χ2v) is 5.64. The van der Waals surface area contributed by atoms with Gasteiger partial charge in [0.15, 0.2) is 5.82 Å². The van der Waals surface area contributed by atoms with Crippen molar-refractivity contribution < 1.29 is 14.4 Å². The molecule has 0 unspecified atom stereocenters. The molecule has 0 aliphatic carbocycles.